The van der Waals surface area contributed by atoms with Crippen LogP contribution in [0.25, 0.3) is 0 Å². The number of ether oxygens (including phenoxy) is 1. The Balaban J connectivity index is 1.58. The van der Waals surface area contributed by atoms with Crippen molar-refractivity contribution in [3.05, 3.63) is 64.0 Å². The zero-order valence-electron chi connectivity index (χ0n) is 15.4. The molecule has 0 saturated carbocycles. The van der Waals surface area contributed by atoms with Crippen LogP contribution in [-0.4, -0.2) is 49.2 Å². The van der Waals surface area contributed by atoms with Crippen LogP contribution in [0.15, 0.2) is 42.5 Å². The fourth-order valence-corrected chi connectivity index (χ4v) is 3.17. The lowest BCUT2D eigenvalue weighted by Crippen LogP contribution is -2.47. The summed E-state index contributed by atoms with van der Waals surface area (Å²) in [4.78, 5) is 14.2. The van der Waals surface area contributed by atoms with E-state index < -0.39 is 28.2 Å². The average Bonchev–Trinajstić information content (AvgIpc) is 2.69. The predicted molar refractivity (Wildman–Crippen MR) is 98.6 cm³/mol. The molecule has 0 unspecified atom stereocenters. The van der Waals surface area contributed by atoms with Gasteiger partial charge in [0.15, 0.2) is 11.6 Å². The van der Waals surface area contributed by atoms with E-state index >= 15 is 0 Å². The first-order valence-corrected chi connectivity index (χ1v) is 8.96. The molecule has 156 valence electrons. The number of nitro groups is 1. The molecular formula is C19H19F4N3O3. The van der Waals surface area contributed by atoms with E-state index in [0.29, 0.717) is 38.8 Å². The highest BCUT2D eigenvalue weighted by Crippen LogP contribution is 2.36. The lowest BCUT2D eigenvalue weighted by atomic mass is 10.1. The molecule has 2 aromatic carbocycles. The summed E-state index contributed by atoms with van der Waals surface area (Å²) < 4.78 is 57.5. The normalized spacial score (nSPS) is 15.4. The smallest absolute Gasteiger partial charge is 0.416 e. The molecule has 1 saturated heterocycles. The van der Waals surface area contributed by atoms with E-state index in [9.17, 15) is 27.7 Å². The van der Waals surface area contributed by atoms with E-state index in [1.165, 1.54) is 12.1 Å². The van der Waals surface area contributed by atoms with Gasteiger partial charge in [0.25, 0.3) is 5.69 Å². The highest BCUT2D eigenvalue weighted by molar-refractivity contribution is 5.65. The van der Waals surface area contributed by atoms with Crippen molar-refractivity contribution in [2.24, 2.45) is 0 Å². The number of hydrogen-bond donors (Lipinski definition) is 0. The monoisotopic (exact) mass is 413 g/mol. The molecule has 6 nitrogen and oxygen atoms in total. The molecule has 0 amide bonds. The van der Waals surface area contributed by atoms with Crippen LogP contribution in [0.3, 0.4) is 0 Å². The maximum absolute atomic E-state index is 13.5. The minimum Gasteiger partial charge on any atom is -0.489 e. The Morgan fingerprint density at radius 2 is 1.76 bits per heavy atom. The third-order valence-electron chi connectivity index (χ3n) is 4.71. The molecule has 1 aliphatic heterocycles. The number of nitro benzene ring substituents is 1. The molecule has 0 N–H and O–H groups in total. The van der Waals surface area contributed by atoms with Crippen LogP contribution in [0.4, 0.5) is 28.9 Å². The van der Waals surface area contributed by atoms with Crippen LogP contribution in [0, 0.1) is 15.9 Å². The predicted octanol–water partition coefficient (Wildman–Crippen LogP) is 3.95. The molecular weight excluding hydrogens is 394 g/mol. The second-order valence-corrected chi connectivity index (χ2v) is 6.57. The number of rotatable bonds is 6. The first kappa shape index (κ1) is 20.8. The highest BCUT2D eigenvalue weighted by atomic mass is 19.4. The standard InChI is InChI=1S/C19H19F4N3O3/c20-15-3-1-2-4-18(15)29-12-11-24-7-9-25(10-8-24)16-6-5-14(19(21,22)23)13-17(16)26(27)28/h1-6,13H,7-12H2. The van der Waals surface area contributed by atoms with Gasteiger partial charge >= 0.3 is 6.18 Å². The number of para-hydroxylation sites is 1. The number of alkyl halides is 3. The molecule has 2 aromatic rings. The second kappa shape index (κ2) is 8.64. The van der Waals surface area contributed by atoms with Gasteiger partial charge < -0.3 is 9.64 Å². The Morgan fingerprint density at radius 1 is 1.07 bits per heavy atom. The lowest BCUT2D eigenvalue weighted by Gasteiger charge is -2.35. The van der Waals surface area contributed by atoms with Crippen molar-refractivity contribution in [1.29, 1.82) is 0 Å². The Bertz CT molecular complexity index is 868. The van der Waals surface area contributed by atoms with Crippen molar-refractivity contribution in [3.63, 3.8) is 0 Å². The maximum Gasteiger partial charge on any atom is 0.416 e. The minimum absolute atomic E-state index is 0.172. The lowest BCUT2D eigenvalue weighted by molar-refractivity contribution is -0.384. The number of anilines is 1. The molecule has 1 aliphatic rings. The zero-order valence-corrected chi connectivity index (χ0v) is 15.4. The SMILES string of the molecule is O=[N+]([O-])c1cc(C(F)(F)F)ccc1N1CCN(CCOc2ccccc2F)CC1. The van der Waals surface area contributed by atoms with Crippen molar-refractivity contribution in [2.75, 3.05) is 44.2 Å². The molecule has 1 heterocycles. The molecule has 0 aliphatic carbocycles. The minimum atomic E-state index is -4.64. The van der Waals surface area contributed by atoms with Gasteiger partial charge in [0.05, 0.1) is 10.5 Å². The van der Waals surface area contributed by atoms with Gasteiger partial charge in [-0.25, -0.2) is 4.39 Å². The number of halogens is 4. The van der Waals surface area contributed by atoms with Crippen LogP contribution in [0.2, 0.25) is 0 Å². The summed E-state index contributed by atoms with van der Waals surface area (Å²) in [5.41, 5.74) is -1.43. The van der Waals surface area contributed by atoms with Crippen LogP contribution < -0.4 is 9.64 Å². The average molecular weight is 413 g/mol. The Morgan fingerprint density at radius 3 is 2.38 bits per heavy atom. The van der Waals surface area contributed by atoms with E-state index in [1.807, 2.05) is 4.90 Å². The fraction of sp³-hybridized carbons (Fsp3) is 0.368. The van der Waals surface area contributed by atoms with E-state index in [1.54, 1.807) is 17.0 Å². The van der Waals surface area contributed by atoms with Crippen LogP contribution in [0.5, 0.6) is 5.75 Å². The summed E-state index contributed by atoms with van der Waals surface area (Å²) >= 11 is 0. The Labute approximate surface area is 164 Å². The summed E-state index contributed by atoms with van der Waals surface area (Å²) in [6, 6.07) is 8.68. The molecule has 10 heteroatoms. The number of nitrogens with zero attached hydrogens (tertiary/aromatic N) is 3. The van der Waals surface area contributed by atoms with Crippen molar-refractivity contribution in [2.45, 2.75) is 6.18 Å². The van der Waals surface area contributed by atoms with Crippen molar-refractivity contribution in [3.8, 4) is 5.75 Å². The molecule has 1 fully saturated rings. The number of benzene rings is 2. The molecule has 0 spiro atoms. The van der Waals surface area contributed by atoms with Gasteiger partial charge in [-0.15, -0.1) is 0 Å². The van der Waals surface area contributed by atoms with Gasteiger partial charge in [0.1, 0.15) is 12.3 Å². The van der Waals surface area contributed by atoms with Gasteiger partial charge in [0, 0.05) is 38.8 Å². The summed E-state index contributed by atoms with van der Waals surface area (Å²) in [6.07, 6.45) is -4.64. The van der Waals surface area contributed by atoms with Gasteiger partial charge in [0.2, 0.25) is 0 Å². The molecule has 29 heavy (non-hydrogen) atoms. The van der Waals surface area contributed by atoms with E-state index in [4.69, 9.17) is 4.74 Å². The van der Waals surface area contributed by atoms with Gasteiger partial charge in [-0.3, -0.25) is 15.0 Å². The topological polar surface area (TPSA) is 58.9 Å². The first-order valence-electron chi connectivity index (χ1n) is 8.96. The van der Waals surface area contributed by atoms with E-state index in [0.717, 1.165) is 12.1 Å². The molecule has 0 radical (unpaired) electrons. The molecule has 0 aromatic heterocycles. The number of piperazine rings is 1. The summed E-state index contributed by atoms with van der Waals surface area (Å²) in [5.74, 6) is -0.265. The third kappa shape index (κ3) is 5.14. The first-order chi connectivity index (χ1) is 13.8. The van der Waals surface area contributed by atoms with Gasteiger partial charge in [-0.2, -0.15) is 13.2 Å². The summed E-state index contributed by atoms with van der Waals surface area (Å²) in [5, 5.41) is 11.3. The van der Waals surface area contributed by atoms with Crippen LogP contribution in [0.1, 0.15) is 5.56 Å². The molecule has 0 bridgehead atoms. The Kier molecular flexibility index (Phi) is 6.21. The quantitative estimate of drug-likeness (QED) is 0.408. The van der Waals surface area contributed by atoms with Gasteiger partial charge in [-0.05, 0) is 24.3 Å². The van der Waals surface area contributed by atoms with Crippen molar-refractivity contribution in [1.82, 2.24) is 4.90 Å². The van der Waals surface area contributed by atoms with Crippen LogP contribution in [-0.2, 0) is 6.18 Å². The van der Waals surface area contributed by atoms with Crippen molar-refractivity contribution >= 4 is 11.4 Å². The number of hydrogen-bond acceptors (Lipinski definition) is 5. The van der Waals surface area contributed by atoms with Crippen LogP contribution >= 0.6 is 0 Å². The third-order valence-corrected chi connectivity index (χ3v) is 4.71. The van der Waals surface area contributed by atoms with E-state index in [-0.39, 0.29) is 18.0 Å². The van der Waals surface area contributed by atoms with Crippen molar-refractivity contribution < 1.29 is 27.2 Å². The molecule has 0 atom stereocenters. The van der Waals surface area contributed by atoms with Gasteiger partial charge in [-0.1, -0.05) is 12.1 Å². The summed E-state index contributed by atoms with van der Waals surface area (Å²) in [6.45, 7) is 2.77. The second-order valence-electron chi connectivity index (χ2n) is 6.57. The molecule has 3 rings (SSSR count). The van der Waals surface area contributed by atoms with E-state index in [2.05, 4.69) is 0 Å². The summed E-state index contributed by atoms with van der Waals surface area (Å²) in [7, 11) is 0. The maximum atomic E-state index is 13.5. The largest absolute Gasteiger partial charge is 0.489 e. The Hall–Kier alpha value is -2.88. The fourth-order valence-electron chi connectivity index (χ4n) is 3.17. The highest BCUT2D eigenvalue weighted by Gasteiger charge is 2.34. The zero-order chi connectivity index (χ0) is 21.0.